The van der Waals surface area contributed by atoms with Crippen molar-refractivity contribution in [2.45, 2.75) is 20.8 Å². The molecular formula is C16H16N8O. The van der Waals surface area contributed by atoms with Crippen LogP contribution in [-0.4, -0.2) is 46.7 Å². The topological polar surface area (TPSA) is 95.9 Å². The number of pyridine rings is 1. The summed E-state index contributed by atoms with van der Waals surface area (Å²) in [5.41, 5.74) is 2.34. The van der Waals surface area contributed by atoms with Crippen molar-refractivity contribution in [1.82, 2.24) is 39.6 Å². The zero-order valence-corrected chi connectivity index (χ0v) is 14.3. The standard InChI is InChI=1S/C16H16N8O/c1-9-7-12(13(25-4)8-17-9)16-18-10(2)21-24(16)15-6-5-14-20-19-11(3)23(14)22-15/h5-8H,1-4H3. The summed E-state index contributed by atoms with van der Waals surface area (Å²) >= 11 is 0. The van der Waals surface area contributed by atoms with Crippen molar-refractivity contribution >= 4 is 5.65 Å². The summed E-state index contributed by atoms with van der Waals surface area (Å²) in [6.45, 7) is 5.60. The lowest BCUT2D eigenvalue weighted by Gasteiger charge is -2.10. The van der Waals surface area contributed by atoms with Gasteiger partial charge in [-0.3, -0.25) is 4.98 Å². The summed E-state index contributed by atoms with van der Waals surface area (Å²) in [6.07, 6.45) is 1.68. The number of methoxy groups -OCH3 is 1. The molecule has 0 aliphatic rings. The van der Waals surface area contributed by atoms with Crippen LogP contribution in [0.4, 0.5) is 0 Å². The highest BCUT2D eigenvalue weighted by atomic mass is 16.5. The average molecular weight is 336 g/mol. The van der Waals surface area contributed by atoms with E-state index < -0.39 is 0 Å². The lowest BCUT2D eigenvalue weighted by Crippen LogP contribution is -2.07. The highest BCUT2D eigenvalue weighted by molar-refractivity contribution is 5.65. The molecule has 0 aromatic carbocycles. The number of hydrogen-bond acceptors (Lipinski definition) is 7. The van der Waals surface area contributed by atoms with Gasteiger partial charge >= 0.3 is 0 Å². The molecule has 0 bridgehead atoms. The molecule has 4 aromatic heterocycles. The van der Waals surface area contributed by atoms with Gasteiger partial charge in [-0.15, -0.1) is 20.4 Å². The summed E-state index contributed by atoms with van der Waals surface area (Å²) in [7, 11) is 1.61. The first-order valence-corrected chi connectivity index (χ1v) is 7.71. The van der Waals surface area contributed by atoms with Crippen LogP contribution in [0.5, 0.6) is 5.75 Å². The van der Waals surface area contributed by atoms with Gasteiger partial charge in [0.25, 0.3) is 0 Å². The molecule has 0 aliphatic heterocycles. The fourth-order valence-corrected chi connectivity index (χ4v) is 2.63. The third-order valence-electron chi connectivity index (χ3n) is 3.80. The van der Waals surface area contributed by atoms with Crippen molar-refractivity contribution in [2.24, 2.45) is 0 Å². The Morgan fingerprint density at radius 2 is 1.88 bits per heavy atom. The molecule has 4 heterocycles. The molecule has 0 amide bonds. The molecule has 0 spiro atoms. The van der Waals surface area contributed by atoms with E-state index in [1.165, 1.54) is 0 Å². The van der Waals surface area contributed by atoms with Gasteiger partial charge in [0.2, 0.25) is 0 Å². The molecule has 0 N–H and O–H groups in total. The summed E-state index contributed by atoms with van der Waals surface area (Å²) in [4.78, 5) is 8.83. The van der Waals surface area contributed by atoms with E-state index in [4.69, 9.17) is 4.74 Å². The quantitative estimate of drug-likeness (QED) is 0.562. The van der Waals surface area contributed by atoms with Crippen LogP contribution in [0.15, 0.2) is 24.4 Å². The Labute approximate surface area is 143 Å². The van der Waals surface area contributed by atoms with Crippen molar-refractivity contribution in [3.8, 4) is 23.0 Å². The number of aryl methyl sites for hydroxylation is 3. The van der Waals surface area contributed by atoms with Crippen LogP contribution in [-0.2, 0) is 0 Å². The maximum absolute atomic E-state index is 5.44. The van der Waals surface area contributed by atoms with Gasteiger partial charge in [-0.1, -0.05) is 0 Å². The van der Waals surface area contributed by atoms with Crippen LogP contribution in [0.25, 0.3) is 22.9 Å². The van der Waals surface area contributed by atoms with Gasteiger partial charge in [0.05, 0.1) is 18.9 Å². The second-order valence-electron chi connectivity index (χ2n) is 5.63. The van der Waals surface area contributed by atoms with Gasteiger partial charge in [0.1, 0.15) is 11.6 Å². The first-order chi connectivity index (χ1) is 12.1. The zero-order chi connectivity index (χ0) is 17.6. The maximum atomic E-state index is 5.44. The third-order valence-corrected chi connectivity index (χ3v) is 3.80. The number of nitrogens with zero attached hydrogens (tertiary/aromatic N) is 8. The molecule has 0 fully saturated rings. The summed E-state index contributed by atoms with van der Waals surface area (Å²) in [5.74, 6) is 3.21. The Hall–Kier alpha value is -3.36. The van der Waals surface area contributed by atoms with Crippen molar-refractivity contribution < 1.29 is 4.74 Å². The van der Waals surface area contributed by atoms with E-state index in [2.05, 4.69) is 30.4 Å². The summed E-state index contributed by atoms with van der Waals surface area (Å²) in [5, 5.41) is 17.2. The highest BCUT2D eigenvalue weighted by Gasteiger charge is 2.18. The van der Waals surface area contributed by atoms with E-state index >= 15 is 0 Å². The molecule has 0 saturated carbocycles. The van der Waals surface area contributed by atoms with Crippen molar-refractivity contribution in [1.29, 1.82) is 0 Å². The second-order valence-corrected chi connectivity index (χ2v) is 5.63. The van der Waals surface area contributed by atoms with Gasteiger partial charge in [0.15, 0.2) is 23.1 Å². The Morgan fingerprint density at radius 3 is 2.68 bits per heavy atom. The van der Waals surface area contributed by atoms with Crippen LogP contribution in [0.3, 0.4) is 0 Å². The Bertz CT molecular complexity index is 1080. The van der Waals surface area contributed by atoms with E-state index in [0.29, 0.717) is 34.7 Å². The molecule has 0 saturated heterocycles. The first-order valence-electron chi connectivity index (χ1n) is 7.71. The molecule has 4 rings (SSSR count). The predicted molar refractivity (Wildman–Crippen MR) is 89.7 cm³/mol. The first kappa shape index (κ1) is 15.2. The molecule has 25 heavy (non-hydrogen) atoms. The number of rotatable bonds is 3. The molecule has 4 aromatic rings. The Kier molecular flexibility index (Phi) is 3.41. The molecule has 9 nitrogen and oxygen atoms in total. The van der Waals surface area contributed by atoms with E-state index in [0.717, 1.165) is 11.3 Å². The summed E-state index contributed by atoms with van der Waals surface area (Å²) < 4.78 is 8.80. The van der Waals surface area contributed by atoms with Crippen molar-refractivity contribution in [3.05, 3.63) is 41.7 Å². The number of aromatic nitrogens is 8. The van der Waals surface area contributed by atoms with E-state index in [9.17, 15) is 0 Å². The fraction of sp³-hybridized carbons (Fsp3) is 0.250. The number of ether oxygens (including phenoxy) is 1. The third kappa shape index (κ3) is 2.49. The smallest absolute Gasteiger partial charge is 0.178 e. The largest absolute Gasteiger partial charge is 0.494 e. The van der Waals surface area contributed by atoms with Gasteiger partial charge in [-0.2, -0.15) is 9.20 Å². The molecule has 0 atom stereocenters. The van der Waals surface area contributed by atoms with Crippen molar-refractivity contribution in [3.63, 3.8) is 0 Å². The van der Waals surface area contributed by atoms with Crippen LogP contribution < -0.4 is 4.74 Å². The Balaban J connectivity index is 1.95. The molecular weight excluding hydrogens is 320 g/mol. The molecule has 0 radical (unpaired) electrons. The lowest BCUT2D eigenvalue weighted by molar-refractivity contribution is 0.414. The minimum Gasteiger partial charge on any atom is -0.494 e. The fourth-order valence-electron chi connectivity index (χ4n) is 2.63. The van der Waals surface area contributed by atoms with Gasteiger partial charge in [-0.05, 0) is 39.0 Å². The van der Waals surface area contributed by atoms with Crippen molar-refractivity contribution in [2.75, 3.05) is 7.11 Å². The Morgan fingerprint density at radius 1 is 1.04 bits per heavy atom. The van der Waals surface area contributed by atoms with Gasteiger partial charge in [-0.25, -0.2) is 4.98 Å². The van der Waals surface area contributed by atoms with Gasteiger partial charge in [0, 0.05) is 5.69 Å². The van der Waals surface area contributed by atoms with E-state index in [1.54, 1.807) is 22.5 Å². The zero-order valence-electron chi connectivity index (χ0n) is 14.3. The SMILES string of the molecule is COc1cnc(C)cc1-c1nc(C)nn1-c1ccc2nnc(C)n2n1. The van der Waals surface area contributed by atoms with Crippen LogP contribution in [0.2, 0.25) is 0 Å². The summed E-state index contributed by atoms with van der Waals surface area (Å²) in [6, 6.07) is 5.60. The highest BCUT2D eigenvalue weighted by Crippen LogP contribution is 2.29. The predicted octanol–water partition coefficient (Wildman–Crippen LogP) is 1.70. The monoisotopic (exact) mass is 336 g/mol. The maximum Gasteiger partial charge on any atom is 0.178 e. The van der Waals surface area contributed by atoms with E-state index in [-0.39, 0.29) is 0 Å². The minimum atomic E-state index is 0.613. The number of hydrogen-bond donors (Lipinski definition) is 0. The van der Waals surface area contributed by atoms with Crippen LogP contribution >= 0.6 is 0 Å². The van der Waals surface area contributed by atoms with Crippen LogP contribution in [0.1, 0.15) is 17.3 Å². The van der Waals surface area contributed by atoms with Gasteiger partial charge < -0.3 is 4.74 Å². The second kappa shape index (κ2) is 5.62. The molecule has 0 aliphatic carbocycles. The minimum absolute atomic E-state index is 0.613. The molecule has 126 valence electrons. The molecule has 0 unspecified atom stereocenters. The molecule has 9 heteroatoms. The lowest BCUT2D eigenvalue weighted by atomic mass is 10.2. The normalized spacial score (nSPS) is 11.2. The number of fused-ring (bicyclic) bond motifs is 1. The average Bonchev–Trinajstić information content (AvgIpc) is 3.18. The van der Waals surface area contributed by atoms with E-state index in [1.807, 2.05) is 39.0 Å². The van der Waals surface area contributed by atoms with Crippen LogP contribution in [0, 0.1) is 20.8 Å².